The van der Waals surface area contributed by atoms with Gasteiger partial charge < -0.3 is 9.63 Å². The maximum absolute atomic E-state index is 9.33. The Balaban J connectivity index is 2.59. The predicted octanol–water partition coefficient (Wildman–Crippen LogP) is 1.63. The van der Waals surface area contributed by atoms with Crippen molar-refractivity contribution in [2.75, 3.05) is 13.2 Å². The number of aliphatic hydroxyl groups excluding tert-OH is 1. The van der Waals surface area contributed by atoms with Crippen LogP contribution in [-0.2, 0) is 4.53 Å². The van der Waals surface area contributed by atoms with Crippen LogP contribution >= 0.6 is 0 Å². The van der Waals surface area contributed by atoms with E-state index in [-0.39, 0.29) is 12.6 Å². The van der Waals surface area contributed by atoms with E-state index in [1.54, 1.807) is 0 Å². The Morgan fingerprint density at radius 1 is 1.40 bits per heavy atom. The summed E-state index contributed by atoms with van der Waals surface area (Å²) in [6, 6.07) is 0.212. The van der Waals surface area contributed by atoms with Gasteiger partial charge in [-0.2, -0.15) is 5.06 Å². The summed E-state index contributed by atoms with van der Waals surface area (Å²) in [6.07, 6.45) is 1.06. The zero-order valence-corrected chi connectivity index (χ0v) is 11.8. The van der Waals surface area contributed by atoms with Crippen LogP contribution in [0.25, 0.3) is 0 Å². The third-order valence-electron chi connectivity index (χ3n) is 3.15. The molecule has 0 aliphatic carbocycles. The molecule has 0 aromatic carbocycles. The highest BCUT2D eigenvalue weighted by molar-refractivity contribution is 6.48. The van der Waals surface area contributed by atoms with Crippen molar-refractivity contribution in [1.29, 1.82) is 0 Å². The molecule has 90 valence electrons. The van der Waals surface area contributed by atoms with Crippen LogP contribution in [0.2, 0.25) is 13.1 Å². The Hall–Kier alpha value is 0.0969. The van der Waals surface area contributed by atoms with Crippen LogP contribution < -0.4 is 0 Å². The molecule has 0 amide bonds. The van der Waals surface area contributed by atoms with Crippen molar-refractivity contribution in [3.05, 3.63) is 0 Å². The number of hydrogen-bond acceptors (Lipinski definition) is 3. The van der Waals surface area contributed by atoms with Gasteiger partial charge in [0.25, 0.3) is 0 Å². The maximum atomic E-state index is 9.33. The molecule has 1 aliphatic heterocycles. The standard InChI is InChI=1S/C11H25NO2Si/c1-11(2,3)9-6-10(8-13)12(7-9)14-15(4)5/h9-10,13,15H,6-8H2,1-5H3/t9-,10-/m0/s1. The minimum absolute atomic E-state index is 0.212. The van der Waals surface area contributed by atoms with E-state index in [4.69, 9.17) is 4.53 Å². The molecule has 1 N–H and O–H groups in total. The molecule has 0 spiro atoms. The van der Waals surface area contributed by atoms with Crippen LogP contribution in [0.15, 0.2) is 0 Å². The van der Waals surface area contributed by atoms with Gasteiger partial charge in [0.05, 0.1) is 12.6 Å². The summed E-state index contributed by atoms with van der Waals surface area (Å²) in [5, 5.41) is 11.4. The Kier molecular flexibility index (Phi) is 4.35. The third kappa shape index (κ3) is 3.55. The summed E-state index contributed by atoms with van der Waals surface area (Å²) in [4.78, 5) is 0. The molecular weight excluding hydrogens is 206 g/mol. The van der Waals surface area contributed by atoms with E-state index >= 15 is 0 Å². The Morgan fingerprint density at radius 3 is 2.40 bits per heavy atom. The molecule has 0 saturated carbocycles. The molecule has 1 heterocycles. The molecule has 15 heavy (non-hydrogen) atoms. The Morgan fingerprint density at radius 2 is 2.00 bits per heavy atom. The van der Waals surface area contributed by atoms with Gasteiger partial charge in [0.1, 0.15) is 0 Å². The van der Waals surface area contributed by atoms with Crippen LogP contribution in [0.3, 0.4) is 0 Å². The molecule has 0 bridgehead atoms. The highest BCUT2D eigenvalue weighted by Crippen LogP contribution is 2.36. The first-order valence-electron chi connectivity index (χ1n) is 5.89. The third-order valence-corrected chi connectivity index (χ3v) is 3.84. The van der Waals surface area contributed by atoms with Crippen molar-refractivity contribution >= 4 is 9.04 Å². The molecule has 1 rings (SSSR count). The number of rotatable bonds is 3. The van der Waals surface area contributed by atoms with Gasteiger partial charge in [-0.05, 0) is 30.8 Å². The lowest BCUT2D eigenvalue weighted by Crippen LogP contribution is -2.36. The summed E-state index contributed by atoms with van der Waals surface area (Å²) < 4.78 is 5.85. The quantitative estimate of drug-likeness (QED) is 0.749. The Labute approximate surface area is 95.1 Å². The monoisotopic (exact) mass is 231 g/mol. The van der Waals surface area contributed by atoms with E-state index < -0.39 is 9.04 Å². The van der Waals surface area contributed by atoms with E-state index in [9.17, 15) is 5.11 Å². The normalized spacial score (nSPS) is 29.0. The molecule has 0 aromatic rings. The zero-order valence-electron chi connectivity index (χ0n) is 10.7. The number of nitrogens with zero attached hydrogens (tertiary/aromatic N) is 1. The number of hydroxylamine groups is 2. The SMILES string of the molecule is C[SiH](C)ON1C[C@@H](C(C)(C)C)C[C@H]1CO. The van der Waals surface area contributed by atoms with Crippen LogP contribution in [0.5, 0.6) is 0 Å². The van der Waals surface area contributed by atoms with E-state index in [2.05, 4.69) is 33.9 Å². The Bertz CT molecular complexity index is 203. The molecule has 4 heteroatoms. The fourth-order valence-corrected chi connectivity index (χ4v) is 2.88. The van der Waals surface area contributed by atoms with Crippen molar-refractivity contribution < 1.29 is 9.63 Å². The van der Waals surface area contributed by atoms with Crippen molar-refractivity contribution in [1.82, 2.24) is 5.06 Å². The van der Waals surface area contributed by atoms with Crippen molar-refractivity contribution in [3.8, 4) is 0 Å². The minimum Gasteiger partial charge on any atom is -0.395 e. The lowest BCUT2D eigenvalue weighted by atomic mass is 9.79. The average Bonchev–Trinajstić information content (AvgIpc) is 2.45. The first-order chi connectivity index (χ1) is 6.84. The number of aliphatic hydroxyl groups is 1. The van der Waals surface area contributed by atoms with E-state index in [0.717, 1.165) is 13.0 Å². The van der Waals surface area contributed by atoms with Crippen molar-refractivity contribution in [2.45, 2.75) is 46.3 Å². The number of hydrogen-bond donors (Lipinski definition) is 1. The van der Waals surface area contributed by atoms with E-state index in [1.807, 2.05) is 5.06 Å². The summed E-state index contributed by atoms with van der Waals surface area (Å²) >= 11 is 0. The molecule has 0 aromatic heterocycles. The molecule has 0 unspecified atom stereocenters. The summed E-state index contributed by atoms with van der Waals surface area (Å²) in [5.41, 5.74) is 0.310. The van der Waals surface area contributed by atoms with Gasteiger partial charge in [-0.15, -0.1) is 0 Å². The summed E-state index contributed by atoms with van der Waals surface area (Å²) in [5.74, 6) is 0.627. The van der Waals surface area contributed by atoms with Gasteiger partial charge in [-0.3, -0.25) is 0 Å². The smallest absolute Gasteiger partial charge is 0.199 e. The minimum atomic E-state index is -1.04. The van der Waals surface area contributed by atoms with Crippen LogP contribution in [0, 0.1) is 11.3 Å². The largest absolute Gasteiger partial charge is 0.395 e. The molecule has 1 saturated heterocycles. The molecule has 1 aliphatic rings. The molecular formula is C11H25NO2Si. The molecule has 0 radical (unpaired) electrons. The highest BCUT2D eigenvalue weighted by Gasteiger charge is 2.38. The van der Waals surface area contributed by atoms with Crippen LogP contribution in [0.1, 0.15) is 27.2 Å². The lowest BCUT2D eigenvalue weighted by molar-refractivity contribution is -0.0895. The second-order valence-corrected chi connectivity index (χ2v) is 8.20. The zero-order chi connectivity index (χ0) is 11.6. The van der Waals surface area contributed by atoms with Crippen molar-refractivity contribution in [3.63, 3.8) is 0 Å². The van der Waals surface area contributed by atoms with E-state index in [1.165, 1.54) is 0 Å². The van der Waals surface area contributed by atoms with Crippen LogP contribution in [0.4, 0.5) is 0 Å². The predicted molar refractivity (Wildman–Crippen MR) is 65.1 cm³/mol. The first-order valence-corrected chi connectivity index (χ1v) is 8.67. The molecule has 1 fully saturated rings. The molecule has 2 atom stereocenters. The summed E-state index contributed by atoms with van der Waals surface area (Å²) in [7, 11) is -1.04. The van der Waals surface area contributed by atoms with Gasteiger partial charge >= 0.3 is 0 Å². The van der Waals surface area contributed by atoms with Gasteiger partial charge in [0.15, 0.2) is 9.04 Å². The van der Waals surface area contributed by atoms with Gasteiger partial charge in [0, 0.05) is 6.54 Å². The second-order valence-electron chi connectivity index (χ2n) is 5.89. The second kappa shape index (κ2) is 4.95. The van der Waals surface area contributed by atoms with Gasteiger partial charge in [-0.1, -0.05) is 20.8 Å². The first kappa shape index (κ1) is 13.2. The average molecular weight is 231 g/mol. The highest BCUT2D eigenvalue weighted by atomic mass is 28.3. The van der Waals surface area contributed by atoms with Crippen molar-refractivity contribution in [2.24, 2.45) is 11.3 Å². The fourth-order valence-electron chi connectivity index (χ4n) is 2.08. The summed E-state index contributed by atoms with van der Waals surface area (Å²) in [6.45, 7) is 12.3. The lowest BCUT2D eigenvalue weighted by Gasteiger charge is -2.27. The fraction of sp³-hybridized carbons (Fsp3) is 1.00. The maximum Gasteiger partial charge on any atom is 0.199 e. The van der Waals surface area contributed by atoms with Crippen LogP contribution in [-0.4, -0.2) is 38.4 Å². The van der Waals surface area contributed by atoms with Gasteiger partial charge in [0.2, 0.25) is 0 Å². The molecule has 3 nitrogen and oxygen atoms in total. The topological polar surface area (TPSA) is 32.7 Å². The van der Waals surface area contributed by atoms with Gasteiger partial charge in [-0.25, -0.2) is 0 Å². The van der Waals surface area contributed by atoms with E-state index in [0.29, 0.717) is 11.3 Å².